The summed E-state index contributed by atoms with van der Waals surface area (Å²) in [5.41, 5.74) is 5.41. The number of piperidine rings is 1. The van der Waals surface area contributed by atoms with E-state index in [0.29, 0.717) is 25.0 Å². The molecule has 1 amide bonds. The van der Waals surface area contributed by atoms with Crippen LogP contribution in [0, 0.1) is 5.92 Å². The van der Waals surface area contributed by atoms with Crippen molar-refractivity contribution >= 4 is 18.3 Å². The third kappa shape index (κ3) is 6.57. The maximum absolute atomic E-state index is 11.8. The smallest absolute Gasteiger partial charge is 0.222 e. The zero-order valence-electron chi connectivity index (χ0n) is 11.6. The van der Waals surface area contributed by atoms with Crippen LogP contribution < -0.4 is 5.73 Å². The molecule has 2 N–H and O–H groups in total. The number of halogens is 1. The third-order valence-electron chi connectivity index (χ3n) is 3.05. The number of rotatable bonds is 6. The number of ether oxygens (including phenoxy) is 1. The topological polar surface area (TPSA) is 55.6 Å². The molecule has 1 aliphatic heterocycles. The minimum absolute atomic E-state index is 0. The zero-order chi connectivity index (χ0) is 12.7. The van der Waals surface area contributed by atoms with Crippen molar-refractivity contribution < 1.29 is 9.53 Å². The summed E-state index contributed by atoms with van der Waals surface area (Å²) in [6.07, 6.45) is 3.68. The second-order valence-electron chi connectivity index (χ2n) is 5.20. The van der Waals surface area contributed by atoms with Crippen molar-refractivity contribution in [3.05, 3.63) is 0 Å². The van der Waals surface area contributed by atoms with E-state index in [1.54, 1.807) is 0 Å². The highest BCUT2D eigenvalue weighted by Gasteiger charge is 2.22. The van der Waals surface area contributed by atoms with Crippen LogP contribution in [-0.4, -0.2) is 43.2 Å². The molecule has 0 aliphatic carbocycles. The Morgan fingerprint density at radius 3 is 2.50 bits per heavy atom. The van der Waals surface area contributed by atoms with E-state index in [4.69, 9.17) is 10.5 Å². The van der Waals surface area contributed by atoms with Gasteiger partial charge in [0.15, 0.2) is 0 Å². The SMILES string of the molecule is CC(C)COC1CCN(C(=O)CCCN)CC1.Cl. The van der Waals surface area contributed by atoms with E-state index >= 15 is 0 Å². The summed E-state index contributed by atoms with van der Waals surface area (Å²) in [6.45, 7) is 7.42. The number of hydrogen-bond donors (Lipinski definition) is 1. The van der Waals surface area contributed by atoms with Gasteiger partial charge in [-0.3, -0.25) is 4.79 Å². The number of hydrogen-bond acceptors (Lipinski definition) is 3. The number of likely N-dealkylation sites (tertiary alicyclic amines) is 1. The van der Waals surface area contributed by atoms with E-state index < -0.39 is 0 Å². The first-order valence-corrected chi connectivity index (χ1v) is 6.73. The Kier molecular flexibility index (Phi) is 9.42. The average Bonchev–Trinajstić information content (AvgIpc) is 2.34. The van der Waals surface area contributed by atoms with Crippen molar-refractivity contribution in [3.8, 4) is 0 Å². The lowest BCUT2D eigenvalue weighted by Gasteiger charge is -2.32. The average molecular weight is 279 g/mol. The number of carbonyl (C=O) groups excluding carboxylic acids is 1. The van der Waals surface area contributed by atoms with Crippen molar-refractivity contribution in [1.82, 2.24) is 4.90 Å². The highest BCUT2D eigenvalue weighted by Crippen LogP contribution is 2.15. The van der Waals surface area contributed by atoms with E-state index in [1.807, 2.05) is 4.90 Å². The minimum atomic E-state index is 0. The van der Waals surface area contributed by atoms with Crippen LogP contribution in [0.3, 0.4) is 0 Å². The molecule has 1 aliphatic rings. The molecule has 5 heteroatoms. The summed E-state index contributed by atoms with van der Waals surface area (Å²) in [5, 5.41) is 0. The Labute approximate surface area is 117 Å². The highest BCUT2D eigenvalue weighted by atomic mass is 35.5. The molecule has 0 bridgehead atoms. The molecule has 108 valence electrons. The summed E-state index contributed by atoms with van der Waals surface area (Å²) in [4.78, 5) is 13.7. The quantitative estimate of drug-likeness (QED) is 0.806. The maximum atomic E-state index is 11.8. The first-order chi connectivity index (χ1) is 8.13. The molecular weight excluding hydrogens is 252 g/mol. The first-order valence-electron chi connectivity index (χ1n) is 6.73. The predicted octanol–water partition coefficient (Wildman–Crippen LogP) is 1.81. The largest absolute Gasteiger partial charge is 0.378 e. The van der Waals surface area contributed by atoms with Crippen molar-refractivity contribution in [1.29, 1.82) is 0 Å². The van der Waals surface area contributed by atoms with Gasteiger partial charge in [-0.1, -0.05) is 13.8 Å². The van der Waals surface area contributed by atoms with Gasteiger partial charge >= 0.3 is 0 Å². The summed E-state index contributed by atoms with van der Waals surface area (Å²) in [7, 11) is 0. The van der Waals surface area contributed by atoms with Crippen molar-refractivity contribution in [2.45, 2.75) is 45.6 Å². The number of nitrogens with two attached hydrogens (primary N) is 1. The Morgan fingerprint density at radius 2 is 2.00 bits per heavy atom. The van der Waals surface area contributed by atoms with Gasteiger partial charge in [0.05, 0.1) is 6.10 Å². The van der Waals surface area contributed by atoms with E-state index in [1.165, 1.54) is 0 Å². The van der Waals surface area contributed by atoms with Crippen LogP contribution in [0.2, 0.25) is 0 Å². The van der Waals surface area contributed by atoms with Gasteiger partial charge in [0.25, 0.3) is 0 Å². The van der Waals surface area contributed by atoms with Gasteiger partial charge < -0.3 is 15.4 Å². The Bertz CT molecular complexity index is 229. The maximum Gasteiger partial charge on any atom is 0.222 e. The molecule has 0 saturated carbocycles. The molecule has 0 aromatic rings. The molecule has 0 atom stereocenters. The standard InChI is InChI=1S/C13H26N2O2.ClH/c1-11(2)10-17-12-5-8-15(9-6-12)13(16)4-3-7-14;/h11-12H,3-10,14H2,1-2H3;1H. The fourth-order valence-electron chi connectivity index (χ4n) is 2.01. The van der Waals surface area contributed by atoms with E-state index in [9.17, 15) is 4.79 Å². The molecule has 4 nitrogen and oxygen atoms in total. The van der Waals surface area contributed by atoms with Gasteiger partial charge in [0.1, 0.15) is 0 Å². The van der Waals surface area contributed by atoms with Crippen LogP contribution in [-0.2, 0) is 9.53 Å². The normalized spacial score (nSPS) is 16.8. The summed E-state index contributed by atoms with van der Waals surface area (Å²) >= 11 is 0. The monoisotopic (exact) mass is 278 g/mol. The van der Waals surface area contributed by atoms with Crippen LogP contribution in [0.15, 0.2) is 0 Å². The lowest BCUT2D eigenvalue weighted by Crippen LogP contribution is -2.41. The van der Waals surface area contributed by atoms with Crippen molar-refractivity contribution in [3.63, 3.8) is 0 Å². The van der Waals surface area contributed by atoms with Crippen LogP contribution in [0.1, 0.15) is 39.5 Å². The molecule has 0 aromatic heterocycles. The summed E-state index contributed by atoms with van der Waals surface area (Å²) in [5.74, 6) is 0.831. The van der Waals surface area contributed by atoms with Crippen LogP contribution in [0.5, 0.6) is 0 Å². The lowest BCUT2D eigenvalue weighted by molar-refractivity contribution is -0.134. The van der Waals surface area contributed by atoms with E-state index in [2.05, 4.69) is 13.8 Å². The van der Waals surface area contributed by atoms with Gasteiger partial charge in [0.2, 0.25) is 5.91 Å². The number of amides is 1. The number of carbonyl (C=O) groups is 1. The Hall–Kier alpha value is -0.320. The van der Waals surface area contributed by atoms with Gasteiger partial charge in [-0.2, -0.15) is 0 Å². The Morgan fingerprint density at radius 1 is 1.39 bits per heavy atom. The highest BCUT2D eigenvalue weighted by molar-refractivity contribution is 5.85. The molecular formula is C13H27ClN2O2. The second kappa shape index (κ2) is 9.59. The fraction of sp³-hybridized carbons (Fsp3) is 0.923. The minimum Gasteiger partial charge on any atom is -0.378 e. The summed E-state index contributed by atoms with van der Waals surface area (Å²) in [6, 6.07) is 0. The molecule has 0 radical (unpaired) electrons. The predicted molar refractivity (Wildman–Crippen MR) is 75.9 cm³/mol. The van der Waals surface area contributed by atoms with E-state index in [-0.39, 0.29) is 18.3 Å². The molecule has 0 spiro atoms. The molecule has 18 heavy (non-hydrogen) atoms. The Balaban J connectivity index is 0.00000289. The molecule has 1 fully saturated rings. The van der Waals surface area contributed by atoms with Crippen molar-refractivity contribution in [2.24, 2.45) is 11.7 Å². The number of nitrogens with zero attached hydrogens (tertiary/aromatic N) is 1. The van der Waals surface area contributed by atoms with E-state index in [0.717, 1.165) is 39.0 Å². The van der Waals surface area contributed by atoms with Crippen LogP contribution in [0.4, 0.5) is 0 Å². The second-order valence-corrected chi connectivity index (χ2v) is 5.20. The molecule has 0 aromatic carbocycles. The molecule has 1 saturated heterocycles. The van der Waals surface area contributed by atoms with Crippen LogP contribution >= 0.6 is 12.4 Å². The molecule has 1 heterocycles. The van der Waals surface area contributed by atoms with Gasteiger partial charge in [-0.15, -0.1) is 12.4 Å². The first kappa shape index (κ1) is 17.7. The zero-order valence-corrected chi connectivity index (χ0v) is 12.4. The van der Waals surface area contributed by atoms with Gasteiger partial charge in [-0.25, -0.2) is 0 Å². The van der Waals surface area contributed by atoms with Gasteiger partial charge in [-0.05, 0) is 31.7 Å². The van der Waals surface area contributed by atoms with Crippen LogP contribution in [0.25, 0.3) is 0 Å². The van der Waals surface area contributed by atoms with Gasteiger partial charge in [0, 0.05) is 26.1 Å². The molecule has 0 unspecified atom stereocenters. The van der Waals surface area contributed by atoms with Crippen molar-refractivity contribution in [2.75, 3.05) is 26.2 Å². The third-order valence-corrected chi connectivity index (χ3v) is 3.05. The molecule has 1 rings (SSSR count). The summed E-state index contributed by atoms with van der Waals surface area (Å²) < 4.78 is 5.80. The fourth-order valence-corrected chi connectivity index (χ4v) is 2.01. The lowest BCUT2D eigenvalue weighted by atomic mass is 10.1.